The third-order valence-electron chi connectivity index (χ3n) is 3.11. The van der Waals surface area contributed by atoms with E-state index in [-0.39, 0.29) is 10.8 Å². The maximum absolute atomic E-state index is 11.7. The average molecular weight is 284 g/mol. The van der Waals surface area contributed by atoms with Crippen LogP contribution in [0.3, 0.4) is 0 Å². The Balaban J connectivity index is 2.20. The maximum atomic E-state index is 11.7. The van der Waals surface area contributed by atoms with Gasteiger partial charge in [-0.25, -0.2) is 13.6 Å². The van der Waals surface area contributed by atoms with Crippen molar-refractivity contribution in [2.45, 2.75) is 24.3 Å². The van der Waals surface area contributed by atoms with Crippen LogP contribution in [0.15, 0.2) is 23.1 Å². The molecular formula is C12H16N2O4S. The lowest BCUT2D eigenvalue weighted by Gasteiger charge is -2.14. The lowest BCUT2D eigenvalue weighted by atomic mass is 10.2. The van der Waals surface area contributed by atoms with Crippen molar-refractivity contribution in [2.75, 3.05) is 13.6 Å². The molecule has 6 nitrogen and oxygen atoms in total. The number of sulfonamides is 1. The molecule has 1 aromatic carbocycles. The largest absolute Gasteiger partial charge is 0.481 e. The fourth-order valence-corrected chi connectivity index (χ4v) is 2.84. The molecule has 104 valence electrons. The van der Waals surface area contributed by atoms with E-state index in [1.165, 1.54) is 12.1 Å². The molecule has 0 bridgehead atoms. The molecule has 1 aromatic rings. The number of hydrogen-bond acceptors (Lipinski definition) is 4. The molecule has 0 saturated carbocycles. The molecule has 1 atom stereocenters. The molecule has 2 rings (SSSR count). The molecule has 0 spiro atoms. The van der Waals surface area contributed by atoms with E-state index >= 15 is 0 Å². The van der Waals surface area contributed by atoms with E-state index in [2.05, 4.69) is 0 Å². The SMILES string of the molecule is Cc1cc(OC2CCN(C)C2=O)ccc1S(N)(=O)=O. The first-order valence-electron chi connectivity index (χ1n) is 5.84. The Bertz CT molecular complexity index is 612. The summed E-state index contributed by atoms with van der Waals surface area (Å²) in [6.07, 6.45) is 0.135. The fraction of sp³-hybridized carbons (Fsp3) is 0.417. The normalized spacial score (nSPS) is 19.8. The monoisotopic (exact) mass is 284 g/mol. The van der Waals surface area contributed by atoms with Gasteiger partial charge in [0.15, 0.2) is 6.10 Å². The van der Waals surface area contributed by atoms with Crippen LogP contribution < -0.4 is 9.88 Å². The molecule has 0 aromatic heterocycles. The maximum Gasteiger partial charge on any atom is 0.263 e. The molecule has 1 unspecified atom stereocenters. The van der Waals surface area contributed by atoms with Gasteiger partial charge in [-0.1, -0.05) is 0 Å². The van der Waals surface area contributed by atoms with Crippen LogP contribution in [0.1, 0.15) is 12.0 Å². The summed E-state index contributed by atoms with van der Waals surface area (Å²) in [5.74, 6) is 0.409. The van der Waals surface area contributed by atoms with E-state index in [4.69, 9.17) is 9.88 Å². The number of likely N-dealkylation sites (tertiary alicyclic amines) is 1. The molecule has 0 radical (unpaired) electrons. The van der Waals surface area contributed by atoms with Crippen LogP contribution in [0.5, 0.6) is 5.75 Å². The summed E-state index contributed by atoms with van der Waals surface area (Å²) in [6.45, 7) is 2.30. The van der Waals surface area contributed by atoms with Gasteiger partial charge < -0.3 is 9.64 Å². The number of rotatable bonds is 3. The second-order valence-electron chi connectivity index (χ2n) is 4.63. The summed E-state index contributed by atoms with van der Waals surface area (Å²) < 4.78 is 28.1. The minimum absolute atomic E-state index is 0.0619. The number of carbonyl (C=O) groups excluding carboxylic acids is 1. The number of aryl methyl sites for hydroxylation is 1. The Kier molecular flexibility index (Phi) is 3.51. The van der Waals surface area contributed by atoms with Crippen LogP contribution in [0.4, 0.5) is 0 Å². The summed E-state index contributed by atoms with van der Waals surface area (Å²) >= 11 is 0. The molecule has 1 saturated heterocycles. The summed E-state index contributed by atoms with van der Waals surface area (Å²) in [4.78, 5) is 13.4. The number of nitrogens with zero attached hydrogens (tertiary/aromatic N) is 1. The molecule has 1 amide bonds. The molecule has 1 heterocycles. The van der Waals surface area contributed by atoms with Crippen molar-refractivity contribution in [2.24, 2.45) is 5.14 Å². The number of amides is 1. The first kappa shape index (κ1) is 13.8. The molecule has 19 heavy (non-hydrogen) atoms. The predicted molar refractivity (Wildman–Crippen MR) is 69.2 cm³/mol. The molecule has 1 aliphatic heterocycles. The van der Waals surface area contributed by atoms with Gasteiger partial charge in [0.05, 0.1) is 4.90 Å². The van der Waals surface area contributed by atoms with Crippen molar-refractivity contribution < 1.29 is 17.9 Å². The van der Waals surface area contributed by atoms with Crippen molar-refractivity contribution in [3.8, 4) is 5.75 Å². The highest BCUT2D eigenvalue weighted by molar-refractivity contribution is 7.89. The van der Waals surface area contributed by atoms with Gasteiger partial charge in [-0.2, -0.15) is 0 Å². The fourth-order valence-electron chi connectivity index (χ4n) is 2.08. The Morgan fingerprint density at radius 3 is 2.58 bits per heavy atom. The number of likely N-dealkylation sites (N-methyl/N-ethyl adjacent to an activating group) is 1. The summed E-state index contributed by atoms with van der Waals surface area (Å²) in [5, 5.41) is 5.08. The minimum atomic E-state index is -3.73. The van der Waals surface area contributed by atoms with Gasteiger partial charge in [0, 0.05) is 20.0 Å². The van der Waals surface area contributed by atoms with E-state index in [1.807, 2.05) is 0 Å². The van der Waals surface area contributed by atoms with E-state index in [0.29, 0.717) is 24.3 Å². The van der Waals surface area contributed by atoms with Crippen LogP contribution in [0.25, 0.3) is 0 Å². The number of benzene rings is 1. The van der Waals surface area contributed by atoms with Gasteiger partial charge in [0.25, 0.3) is 5.91 Å². The van der Waals surface area contributed by atoms with Crippen LogP contribution in [0, 0.1) is 6.92 Å². The third-order valence-corrected chi connectivity index (χ3v) is 4.18. The van der Waals surface area contributed by atoms with E-state index < -0.39 is 16.1 Å². The first-order valence-corrected chi connectivity index (χ1v) is 7.39. The number of hydrogen-bond donors (Lipinski definition) is 1. The van der Waals surface area contributed by atoms with Crippen LogP contribution in [-0.4, -0.2) is 38.9 Å². The van der Waals surface area contributed by atoms with Gasteiger partial charge >= 0.3 is 0 Å². The van der Waals surface area contributed by atoms with E-state index in [0.717, 1.165) is 0 Å². The van der Waals surface area contributed by atoms with Crippen molar-refractivity contribution in [3.05, 3.63) is 23.8 Å². The second-order valence-corrected chi connectivity index (χ2v) is 6.16. The Morgan fingerprint density at radius 1 is 1.42 bits per heavy atom. The Morgan fingerprint density at radius 2 is 2.11 bits per heavy atom. The zero-order valence-electron chi connectivity index (χ0n) is 10.8. The predicted octanol–water partition coefficient (Wildman–Crippen LogP) is 0.252. The first-order chi connectivity index (χ1) is 8.79. The molecule has 2 N–H and O–H groups in total. The number of carbonyl (C=O) groups is 1. The Hall–Kier alpha value is -1.60. The highest BCUT2D eigenvalue weighted by Gasteiger charge is 2.30. The van der Waals surface area contributed by atoms with Gasteiger partial charge in [-0.15, -0.1) is 0 Å². The zero-order chi connectivity index (χ0) is 14.2. The van der Waals surface area contributed by atoms with Crippen LogP contribution >= 0.6 is 0 Å². The molecule has 1 aliphatic rings. The molecule has 7 heteroatoms. The average Bonchev–Trinajstić information content (AvgIpc) is 2.59. The summed E-state index contributed by atoms with van der Waals surface area (Å²) in [7, 11) is -2.00. The second kappa shape index (κ2) is 4.82. The molecule has 1 fully saturated rings. The smallest absolute Gasteiger partial charge is 0.263 e. The third kappa shape index (κ3) is 2.87. The Labute approximate surface area is 112 Å². The summed E-state index contributed by atoms with van der Waals surface area (Å²) in [6, 6.07) is 4.48. The topological polar surface area (TPSA) is 89.7 Å². The lowest BCUT2D eigenvalue weighted by molar-refractivity contribution is -0.132. The van der Waals surface area contributed by atoms with Crippen LogP contribution in [-0.2, 0) is 14.8 Å². The number of primary sulfonamides is 1. The van der Waals surface area contributed by atoms with Gasteiger partial charge in [-0.05, 0) is 30.7 Å². The number of nitrogens with two attached hydrogens (primary N) is 1. The van der Waals surface area contributed by atoms with Crippen molar-refractivity contribution >= 4 is 15.9 Å². The van der Waals surface area contributed by atoms with Gasteiger partial charge in [0.2, 0.25) is 10.0 Å². The van der Waals surface area contributed by atoms with E-state index in [1.54, 1.807) is 24.9 Å². The van der Waals surface area contributed by atoms with Crippen molar-refractivity contribution in [1.82, 2.24) is 4.90 Å². The summed E-state index contributed by atoms with van der Waals surface area (Å²) in [5.41, 5.74) is 0.499. The minimum Gasteiger partial charge on any atom is -0.481 e. The number of ether oxygens (including phenoxy) is 1. The standard InChI is InChI=1S/C12H16N2O4S/c1-8-7-9(3-4-11(8)19(13,16)17)18-10-5-6-14(2)12(10)15/h3-4,7,10H,5-6H2,1-2H3,(H2,13,16,17). The zero-order valence-corrected chi connectivity index (χ0v) is 11.6. The molecule has 0 aliphatic carbocycles. The van der Waals surface area contributed by atoms with Gasteiger partial charge in [0.1, 0.15) is 5.75 Å². The van der Waals surface area contributed by atoms with Crippen molar-refractivity contribution in [3.63, 3.8) is 0 Å². The van der Waals surface area contributed by atoms with Gasteiger partial charge in [-0.3, -0.25) is 4.79 Å². The van der Waals surface area contributed by atoms with E-state index in [9.17, 15) is 13.2 Å². The highest BCUT2D eigenvalue weighted by atomic mass is 32.2. The highest BCUT2D eigenvalue weighted by Crippen LogP contribution is 2.23. The van der Waals surface area contributed by atoms with Crippen LogP contribution in [0.2, 0.25) is 0 Å². The van der Waals surface area contributed by atoms with Crippen molar-refractivity contribution in [1.29, 1.82) is 0 Å². The lowest BCUT2D eigenvalue weighted by Crippen LogP contribution is -2.29. The molecular weight excluding hydrogens is 268 g/mol. The quantitative estimate of drug-likeness (QED) is 0.861.